The Morgan fingerprint density at radius 2 is 2.21 bits per heavy atom. The van der Waals surface area contributed by atoms with E-state index in [4.69, 9.17) is 0 Å². The smallest absolute Gasteiger partial charge is 0.0414 e. The van der Waals surface area contributed by atoms with Crippen LogP contribution in [0.1, 0.15) is 22.7 Å². The van der Waals surface area contributed by atoms with Gasteiger partial charge in [0, 0.05) is 24.1 Å². The van der Waals surface area contributed by atoms with Gasteiger partial charge in [-0.3, -0.25) is 0 Å². The van der Waals surface area contributed by atoms with Gasteiger partial charge in [0.05, 0.1) is 0 Å². The molecule has 1 heterocycles. The molecule has 1 aromatic carbocycles. The summed E-state index contributed by atoms with van der Waals surface area (Å²) in [5.41, 5.74) is 4.26. The van der Waals surface area contributed by atoms with Crippen LogP contribution in [0.15, 0.2) is 18.2 Å². The molecule has 1 atom stereocenters. The molecular weight excluding hydrogens is 190 g/mol. The fraction of sp³-hybridized carbons (Fsp3) is 0.500. The fourth-order valence-electron chi connectivity index (χ4n) is 1.90. The molecule has 2 heteroatoms. The van der Waals surface area contributed by atoms with E-state index in [9.17, 15) is 0 Å². The summed E-state index contributed by atoms with van der Waals surface area (Å²) in [5, 5.41) is 3.58. The molecule has 0 radical (unpaired) electrons. The third-order valence-electron chi connectivity index (χ3n) is 2.73. The fourth-order valence-corrected chi connectivity index (χ4v) is 2.86. The molecule has 1 aromatic rings. The molecule has 76 valence electrons. The Morgan fingerprint density at radius 1 is 1.36 bits per heavy atom. The Hall–Kier alpha value is -0.470. The SMILES string of the molecule is Cc1ccc(C)c(C2CSCCN2)c1. The summed E-state index contributed by atoms with van der Waals surface area (Å²) in [5.74, 6) is 2.46. The van der Waals surface area contributed by atoms with Crippen molar-refractivity contribution in [2.45, 2.75) is 19.9 Å². The summed E-state index contributed by atoms with van der Waals surface area (Å²) >= 11 is 2.05. The first-order valence-corrected chi connectivity index (χ1v) is 6.31. The Bertz CT molecular complexity index is 316. The molecule has 1 nitrogen and oxygen atoms in total. The normalized spacial score (nSPS) is 22.3. The molecule has 0 amide bonds. The zero-order chi connectivity index (χ0) is 9.97. The van der Waals surface area contributed by atoms with Crippen molar-refractivity contribution in [1.29, 1.82) is 0 Å². The highest BCUT2D eigenvalue weighted by molar-refractivity contribution is 7.99. The topological polar surface area (TPSA) is 12.0 Å². The standard InChI is InChI=1S/C12H17NS/c1-9-3-4-10(2)11(7-9)12-8-14-6-5-13-12/h3-4,7,12-13H,5-6,8H2,1-2H3. The van der Waals surface area contributed by atoms with E-state index in [0.29, 0.717) is 6.04 Å². The predicted octanol–water partition coefficient (Wildman–Crippen LogP) is 2.68. The van der Waals surface area contributed by atoms with Crippen molar-refractivity contribution in [1.82, 2.24) is 5.32 Å². The van der Waals surface area contributed by atoms with Crippen LogP contribution in [0.2, 0.25) is 0 Å². The molecule has 0 aromatic heterocycles. The van der Waals surface area contributed by atoms with Gasteiger partial charge in [0.2, 0.25) is 0 Å². The molecule has 0 spiro atoms. The maximum atomic E-state index is 3.58. The Labute approximate surface area is 90.3 Å². The van der Waals surface area contributed by atoms with E-state index in [1.54, 1.807) is 0 Å². The monoisotopic (exact) mass is 207 g/mol. The van der Waals surface area contributed by atoms with E-state index in [1.807, 2.05) is 11.8 Å². The van der Waals surface area contributed by atoms with Crippen molar-refractivity contribution < 1.29 is 0 Å². The molecule has 1 aliphatic rings. The maximum absolute atomic E-state index is 3.58. The zero-order valence-electron chi connectivity index (χ0n) is 8.84. The van der Waals surface area contributed by atoms with Crippen molar-refractivity contribution in [2.75, 3.05) is 18.1 Å². The summed E-state index contributed by atoms with van der Waals surface area (Å²) < 4.78 is 0. The third-order valence-corrected chi connectivity index (χ3v) is 3.79. The van der Waals surface area contributed by atoms with Gasteiger partial charge in [-0.15, -0.1) is 0 Å². The van der Waals surface area contributed by atoms with Crippen LogP contribution in [0.3, 0.4) is 0 Å². The first-order chi connectivity index (χ1) is 6.77. The van der Waals surface area contributed by atoms with E-state index >= 15 is 0 Å². The van der Waals surface area contributed by atoms with Crippen LogP contribution in [-0.2, 0) is 0 Å². The lowest BCUT2D eigenvalue weighted by molar-refractivity contribution is 0.592. The number of aryl methyl sites for hydroxylation is 2. The van der Waals surface area contributed by atoms with E-state index in [-0.39, 0.29) is 0 Å². The number of hydrogen-bond acceptors (Lipinski definition) is 2. The van der Waals surface area contributed by atoms with Gasteiger partial charge in [0.15, 0.2) is 0 Å². The first kappa shape index (κ1) is 10.1. The van der Waals surface area contributed by atoms with E-state index in [2.05, 4.69) is 37.4 Å². The van der Waals surface area contributed by atoms with Crippen molar-refractivity contribution in [3.63, 3.8) is 0 Å². The minimum Gasteiger partial charge on any atom is -0.308 e. The second-order valence-corrected chi connectivity index (χ2v) is 5.09. The van der Waals surface area contributed by atoms with Crippen LogP contribution < -0.4 is 5.32 Å². The molecule has 1 aliphatic heterocycles. The van der Waals surface area contributed by atoms with Gasteiger partial charge in [0.25, 0.3) is 0 Å². The molecule has 0 bridgehead atoms. The molecule has 0 saturated carbocycles. The molecule has 1 unspecified atom stereocenters. The highest BCUT2D eigenvalue weighted by Gasteiger charge is 2.16. The van der Waals surface area contributed by atoms with Crippen LogP contribution in [0.25, 0.3) is 0 Å². The molecule has 14 heavy (non-hydrogen) atoms. The van der Waals surface area contributed by atoms with Crippen molar-refractivity contribution >= 4 is 11.8 Å². The van der Waals surface area contributed by atoms with Gasteiger partial charge >= 0.3 is 0 Å². The molecule has 1 fully saturated rings. The van der Waals surface area contributed by atoms with Crippen LogP contribution in [0.5, 0.6) is 0 Å². The summed E-state index contributed by atoms with van der Waals surface area (Å²) in [6, 6.07) is 7.30. The average molecular weight is 207 g/mol. The number of thioether (sulfide) groups is 1. The lowest BCUT2D eigenvalue weighted by atomic mass is 10.00. The molecule has 1 saturated heterocycles. The molecular formula is C12H17NS. The Kier molecular flexibility index (Phi) is 3.14. The summed E-state index contributed by atoms with van der Waals surface area (Å²) in [6.45, 7) is 5.51. The van der Waals surface area contributed by atoms with Gasteiger partial charge in [-0.25, -0.2) is 0 Å². The highest BCUT2D eigenvalue weighted by atomic mass is 32.2. The molecule has 1 N–H and O–H groups in total. The first-order valence-electron chi connectivity index (χ1n) is 5.15. The van der Waals surface area contributed by atoms with Crippen LogP contribution in [-0.4, -0.2) is 18.1 Å². The highest BCUT2D eigenvalue weighted by Crippen LogP contribution is 2.25. The second-order valence-electron chi connectivity index (χ2n) is 3.94. The number of nitrogens with one attached hydrogen (secondary N) is 1. The van der Waals surface area contributed by atoms with Crippen molar-refractivity contribution in [3.05, 3.63) is 34.9 Å². The number of hydrogen-bond donors (Lipinski definition) is 1. The van der Waals surface area contributed by atoms with E-state index in [0.717, 1.165) is 6.54 Å². The van der Waals surface area contributed by atoms with Gasteiger partial charge in [0.1, 0.15) is 0 Å². The Balaban J connectivity index is 2.24. The van der Waals surface area contributed by atoms with Crippen LogP contribution in [0, 0.1) is 13.8 Å². The summed E-state index contributed by atoms with van der Waals surface area (Å²) in [7, 11) is 0. The predicted molar refractivity (Wildman–Crippen MR) is 64.0 cm³/mol. The van der Waals surface area contributed by atoms with Crippen molar-refractivity contribution in [2.24, 2.45) is 0 Å². The Morgan fingerprint density at radius 3 is 2.93 bits per heavy atom. The van der Waals surface area contributed by atoms with Gasteiger partial charge in [-0.1, -0.05) is 23.8 Å². The zero-order valence-corrected chi connectivity index (χ0v) is 9.66. The van der Waals surface area contributed by atoms with Crippen LogP contribution in [0.4, 0.5) is 0 Å². The average Bonchev–Trinajstić information content (AvgIpc) is 2.23. The number of rotatable bonds is 1. The lowest BCUT2D eigenvalue weighted by Gasteiger charge is -2.25. The summed E-state index contributed by atoms with van der Waals surface area (Å²) in [6.07, 6.45) is 0. The largest absolute Gasteiger partial charge is 0.308 e. The molecule has 0 aliphatic carbocycles. The lowest BCUT2D eigenvalue weighted by Crippen LogP contribution is -2.30. The van der Waals surface area contributed by atoms with E-state index < -0.39 is 0 Å². The number of benzene rings is 1. The quantitative estimate of drug-likeness (QED) is 0.760. The minimum atomic E-state index is 0.564. The van der Waals surface area contributed by atoms with Crippen LogP contribution >= 0.6 is 11.8 Å². The second kappa shape index (κ2) is 4.37. The van der Waals surface area contributed by atoms with Gasteiger partial charge in [-0.05, 0) is 25.0 Å². The maximum Gasteiger partial charge on any atom is 0.0414 e. The van der Waals surface area contributed by atoms with E-state index in [1.165, 1.54) is 28.2 Å². The minimum absolute atomic E-state index is 0.564. The third kappa shape index (κ3) is 2.12. The van der Waals surface area contributed by atoms with Gasteiger partial charge in [-0.2, -0.15) is 11.8 Å². The van der Waals surface area contributed by atoms with Crippen molar-refractivity contribution in [3.8, 4) is 0 Å². The summed E-state index contributed by atoms with van der Waals surface area (Å²) in [4.78, 5) is 0. The van der Waals surface area contributed by atoms with Gasteiger partial charge < -0.3 is 5.32 Å². The molecule has 2 rings (SSSR count).